The number of aryl methyl sites for hydroxylation is 1. The maximum Gasteiger partial charge on any atom is 0.127 e. The topological polar surface area (TPSA) is 26.0 Å². The first-order valence-electron chi connectivity index (χ1n) is 4.38. The molecule has 0 aliphatic heterocycles. The molecule has 72 valence electrons. The molecular formula is C10H13BrFN. The number of nitrogens with two attached hydrogens (primary N) is 1. The molecule has 1 nitrogen and oxygen atoms in total. The SMILES string of the molecule is NCCCCc1ccc(Br)cc1F. The van der Waals surface area contributed by atoms with Gasteiger partial charge in [0.2, 0.25) is 0 Å². The normalized spacial score (nSPS) is 10.4. The summed E-state index contributed by atoms with van der Waals surface area (Å²) in [7, 11) is 0. The van der Waals surface area contributed by atoms with Crippen LogP contribution in [0.25, 0.3) is 0 Å². The molecule has 0 bridgehead atoms. The van der Waals surface area contributed by atoms with Crippen molar-refractivity contribution in [1.29, 1.82) is 0 Å². The van der Waals surface area contributed by atoms with Crippen LogP contribution in [0.1, 0.15) is 18.4 Å². The third-order valence-corrected chi connectivity index (χ3v) is 2.41. The average molecular weight is 246 g/mol. The van der Waals surface area contributed by atoms with E-state index in [4.69, 9.17) is 5.73 Å². The Morgan fingerprint density at radius 1 is 1.31 bits per heavy atom. The highest BCUT2D eigenvalue weighted by Gasteiger charge is 2.01. The zero-order valence-electron chi connectivity index (χ0n) is 7.39. The number of hydrogen-bond donors (Lipinski definition) is 1. The number of benzene rings is 1. The van der Waals surface area contributed by atoms with E-state index in [0.717, 1.165) is 29.3 Å². The second-order valence-corrected chi connectivity index (χ2v) is 3.90. The van der Waals surface area contributed by atoms with E-state index < -0.39 is 0 Å². The van der Waals surface area contributed by atoms with E-state index in [0.29, 0.717) is 6.54 Å². The van der Waals surface area contributed by atoms with Crippen LogP contribution in [0.5, 0.6) is 0 Å². The van der Waals surface area contributed by atoms with Gasteiger partial charge in [-0.15, -0.1) is 0 Å². The van der Waals surface area contributed by atoms with Gasteiger partial charge in [-0.05, 0) is 43.5 Å². The minimum Gasteiger partial charge on any atom is -0.330 e. The first kappa shape index (κ1) is 10.7. The Hall–Kier alpha value is -0.410. The quantitative estimate of drug-likeness (QED) is 0.812. The highest BCUT2D eigenvalue weighted by molar-refractivity contribution is 9.10. The highest BCUT2D eigenvalue weighted by Crippen LogP contribution is 2.16. The summed E-state index contributed by atoms with van der Waals surface area (Å²) >= 11 is 3.22. The van der Waals surface area contributed by atoms with Crippen molar-refractivity contribution in [1.82, 2.24) is 0 Å². The summed E-state index contributed by atoms with van der Waals surface area (Å²) in [6, 6.07) is 5.18. The summed E-state index contributed by atoms with van der Waals surface area (Å²) in [6.45, 7) is 0.679. The van der Waals surface area contributed by atoms with Crippen LogP contribution in [-0.4, -0.2) is 6.54 Å². The van der Waals surface area contributed by atoms with Crippen molar-refractivity contribution in [2.24, 2.45) is 5.73 Å². The van der Waals surface area contributed by atoms with Crippen molar-refractivity contribution in [2.45, 2.75) is 19.3 Å². The van der Waals surface area contributed by atoms with Crippen molar-refractivity contribution >= 4 is 15.9 Å². The minimum absolute atomic E-state index is 0.133. The van der Waals surface area contributed by atoms with Gasteiger partial charge < -0.3 is 5.73 Å². The predicted molar refractivity (Wildman–Crippen MR) is 56.1 cm³/mol. The van der Waals surface area contributed by atoms with Crippen LogP contribution in [-0.2, 0) is 6.42 Å². The van der Waals surface area contributed by atoms with Gasteiger partial charge in [0.05, 0.1) is 0 Å². The lowest BCUT2D eigenvalue weighted by atomic mass is 10.1. The zero-order chi connectivity index (χ0) is 9.68. The van der Waals surface area contributed by atoms with Gasteiger partial charge in [0, 0.05) is 4.47 Å². The molecule has 0 amide bonds. The number of hydrogen-bond acceptors (Lipinski definition) is 1. The van der Waals surface area contributed by atoms with Gasteiger partial charge in [-0.1, -0.05) is 22.0 Å². The minimum atomic E-state index is -0.133. The van der Waals surface area contributed by atoms with E-state index in [9.17, 15) is 4.39 Å². The van der Waals surface area contributed by atoms with Gasteiger partial charge in [-0.2, -0.15) is 0 Å². The third kappa shape index (κ3) is 3.44. The fraction of sp³-hybridized carbons (Fsp3) is 0.400. The van der Waals surface area contributed by atoms with Crippen molar-refractivity contribution in [3.05, 3.63) is 34.1 Å². The fourth-order valence-corrected chi connectivity index (χ4v) is 1.52. The molecule has 0 spiro atoms. The van der Waals surface area contributed by atoms with E-state index in [2.05, 4.69) is 15.9 Å². The van der Waals surface area contributed by atoms with Gasteiger partial charge in [0.25, 0.3) is 0 Å². The van der Waals surface area contributed by atoms with Crippen LogP contribution < -0.4 is 5.73 Å². The second kappa shape index (κ2) is 5.35. The summed E-state index contributed by atoms with van der Waals surface area (Å²) in [5.41, 5.74) is 6.13. The van der Waals surface area contributed by atoms with Crippen LogP contribution in [0.4, 0.5) is 4.39 Å². The van der Waals surface area contributed by atoms with Crippen LogP contribution in [0.2, 0.25) is 0 Å². The molecule has 13 heavy (non-hydrogen) atoms. The smallest absolute Gasteiger partial charge is 0.127 e. The lowest BCUT2D eigenvalue weighted by Crippen LogP contribution is -1.99. The number of rotatable bonds is 4. The number of unbranched alkanes of at least 4 members (excludes halogenated alkanes) is 1. The van der Waals surface area contributed by atoms with Gasteiger partial charge >= 0.3 is 0 Å². The van der Waals surface area contributed by atoms with Crippen molar-refractivity contribution in [3.63, 3.8) is 0 Å². The molecule has 0 atom stereocenters. The first-order chi connectivity index (χ1) is 6.24. The Bertz CT molecular complexity index is 276. The van der Waals surface area contributed by atoms with Gasteiger partial charge in [-0.25, -0.2) is 4.39 Å². The molecule has 1 aromatic rings. The Morgan fingerprint density at radius 2 is 2.08 bits per heavy atom. The number of halogens is 2. The maximum atomic E-state index is 13.2. The summed E-state index contributed by atoms with van der Waals surface area (Å²) in [5, 5.41) is 0. The monoisotopic (exact) mass is 245 g/mol. The second-order valence-electron chi connectivity index (χ2n) is 2.98. The molecule has 1 aromatic carbocycles. The van der Waals surface area contributed by atoms with Gasteiger partial charge in [0.1, 0.15) is 5.82 Å². The largest absolute Gasteiger partial charge is 0.330 e. The standard InChI is InChI=1S/C10H13BrFN/c11-9-5-4-8(10(12)7-9)3-1-2-6-13/h4-5,7H,1-3,6,13H2. The molecule has 0 aliphatic carbocycles. The van der Waals surface area contributed by atoms with Gasteiger partial charge in [0.15, 0.2) is 0 Å². The van der Waals surface area contributed by atoms with E-state index in [-0.39, 0.29) is 5.82 Å². The molecule has 3 heteroatoms. The molecule has 0 fully saturated rings. The van der Waals surface area contributed by atoms with Crippen LogP contribution in [0, 0.1) is 5.82 Å². The summed E-state index contributed by atoms with van der Waals surface area (Å²) in [4.78, 5) is 0. The Kier molecular flexibility index (Phi) is 4.39. The molecule has 0 unspecified atom stereocenters. The van der Waals surface area contributed by atoms with Crippen LogP contribution in [0.15, 0.2) is 22.7 Å². The third-order valence-electron chi connectivity index (χ3n) is 1.92. The van der Waals surface area contributed by atoms with Gasteiger partial charge in [-0.3, -0.25) is 0 Å². The molecule has 0 aromatic heterocycles. The molecule has 0 saturated heterocycles. The highest BCUT2D eigenvalue weighted by atomic mass is 79.9. The predicted octanol–water partition coefficient (Wildman–Crippen LogP) is 2.87. The van der Waals surface area contributed by atoms with E-state index >= 15 is 0 Å². The van der Waals surface area contributed by atoms with Crippen LogP contribution in [0.3, 0.4) is 0 Å². The average Bonchev–Trinajstić information content (AvgIpc) is 2.09. The molecule has 0 aliphatic rings. The molecule has 0 saturated carbocycles. The molecular weight excluding hydrogens is 233 g/mol. The Morgan fingerprint density at radius 3 is 2.69 bits per heavy atom. The Labute approximate surface area is 86.3 Å². The van der Waals surface area contributed by atoms with Crippen LogP contribution >= 0.6 is 15.9 Å². The molecule has 1 rings (SSSR count). The maximum absolute atomic E-state index is 13.2. The van der Waals surface area contributed by atoms with E-state index in [1.807, 2.05) is 12.1 Å². The lowest BCUT2D eigenvalue weighted by Gasteiger charge is -2.02. The summed E-state index contributed by atoms with van der Waals surface area (Å²) < 4.78 is 14.0. The van der Waals surface area contributed by atoms with Crippen molar-refractivity contribution in [3.8, 4) is 0 Å². The molecule has 2 N–H and O–H groups in total. The fourth-order valence-electron chi connectivity index (χ4n) is 1.18. The molecule has 0 radical (unpaired) electrons. The van der Waals surface area contributed by atoms with E-state index in [1.54, 1.807) is 0 Å². The summed E-state index contributed by atoms with van der Waals surface area (Å²) in [6.07, 6.45) is 2.68. The van der Waals surface area contributed by atoms with E-state index in [1.165, 1.54) is 6.07 Å². The Balaban J connectivity index is 2.56. The molecule has 0 heterocycles. The lowest BCUT2D eigenvalue weighted by molar-refractivity contribution is 0.600. The van der Waals surface area contributed by atoms with Crippen molar-refractivity contribution < 1.29 is 4.39 Å². The zero-order valence-corrected chi connectivity index (χ0v) is 8.98. The first-order valence-corrected chi connectivity index (χ1v) is 5.17. The summed E-state index contributed by atoms with van der Waals surface area (Å²) in [5.74, 6) is -0.133. The van der Waals surface area contributed by atoms with Crippen molar-refractivity contribution in [2.75, 3.05) is 6.54 Å².